The van der Waals surface area contributed by atoms with E-state index in [2.05, 4.69) is 24.3 Å². The minimum absolute atomic E-state index is 0.416. The van der Waals surface area contributed by atoms with Crippen LogP contribution < -0.4 is 4.74 Å². The van der Waals surface area contributed by atoms with Crippen molar-refractivity contribution < 1.29 is 24.5 Å². The summed E-state index contributed by atoms with van der Waals surface area (Å²) in [6, 6.07) is 23.6. The first-order valence-corrected chi connectivity index (χ1v) is 11.5. The van der Waals surface area contributed by atoms with Gasteiger partial charge in [-0.05, 0) is 83.5 Å². The van der Waals surface area contributed by atoms with E-state index in [0.29, 0.717) is 18.6 Å². The zero-order chi connectivity index (χ0) is 25.4. The molecule has 0 bridgehead atoms. The number of ether oxygens (including phenoxy) is 1. The van der Waals surface area contributed by atoms with E-state index in [4.69, 9.17) is 14.9 Å². The average molecular weight is 471 g/mol. The molecular formula is C30H30O5. The number of benzene rings is 3. The van der Waals surface area contributed by atoms with Gasteiger partial charge in [-0.3, -0.25) is 4.79 Å². The average Bonchev–Trinajstić information content (AvgIpc) is 2.84. The second-order valence-corrected chi connectivity index (χ2v) is 8.61. The highest BCUT2D eigenvalue weighted by atomic mass is 16.5. The lowest BCUT2D eigenvalue weighted by molar-refractivity contribution is -0.141. The van der Waals surface area contributed by atoms with E-state index in [1.807, 2.05) is 61.5 Å². The van der Waals surface area contributed by atoms with Gasteiger partial charge in [0, 0.05) is 6.08 Å². The fourth-order valence-corrected chi connectivity index (χ4v) is 3.68. The number of carboxylic acids is 2. The van der Waals surface area contributed by atoms with Gasteiger partial charge in [0.1, 0.15) is 12.4 Å². The molecule has 1 unspecified atom stereocenters. The van der Waals surface area contributed by atoms with E-state index in [9.17, 15) is 9.59 Å². The van der Waals surface area contributed by atoms with Crippen LogP contribution in [0, 0.1) is 5.92 Å². The van der Waals surface area contributed by atoms with E-state index in [-0.39, 0.29) is 0 Å². The predicted molar refractivity (Wildman–Crippen MR) is 139 cm³/mol. The molecule has 0 aliphatic rings. The standard InChI is InChI=1S/C30H30O5/c1-20(15-16-35-28-13-7-23(8-14-28)17-22(3)30(33)34)24-9-11-25(12-10-24)27-6-4-5-26(19-27)21(2)18-29(31)32/h4-15,18-19,22H,16-17H2,1-3H3,(H,31,32)(H,33,34)/b20-15+,21-18+. The summed E-state index contributed by atoms with van der Waals surface area (Å²) in [4.78, 5) is 22.0. The van der Waals surface area contributed by atoms with Crippen LogP contribution in [0.5, 0.6) is 5.75 Å². The van der Waals surface area contributed by atoms with Crippen molar-refractivity contribution in [3.8, 4) is 16.9 Å². The Morgan fingerprint density at radius 3 is 2.17 bits per heavy atom. The Kier molecular flexibility index (Phi) is 8.63. The maximum absolute atomic E-state index is 11.0. The highest BCUT2D eigenvalue weighted by Crippen LogP contribution is 2.26. The zero-order valence-corrected chi connectivity index (χ0v) is 20.2. The molecule has 0 heterocycles. The quantitative estimate of drug-likeness (QED) is 0.327. The molecule has 0 saturated heterocycles. The van der Waals surface area contributed by atoms with Gasteiger partial charge in [0.25, 0.3) is 0 Å². The summed E-state index contributed by atoms with van der Waals surface area (Å²) in [5, 5.41) is 18.0. The number of carbonyl (C=O) groups is 2. The molecule has 0 saturated carbocycles. The molecule has 35 heavy (non-hydrogen) atoms. The maximum atomic E-state index is 11.0. The van der Waals surface area contributed by atoms with Crippen molar-refractivity contribution in [2.45, 2.75) is 27.2 Å². The molecule has 0 aliphatic carbocycles. The highest BCUT2D eigenvalue weighted by molar-refractivity contribution is 5.90. The van der Waals surface area contributed by atoms with E-state index < -0.39 is 17.9 Å². The van der Waals surface area contributed by atoms with E-state index in [1.165, 1.54) is 6.08 Å². The number of rotatable bonds is 10. The summed E-state index contributed by atoms with van der Waals surface area (Å²) in [5.41, 5.74) is 6.83. The molecule has 0 fully saturated rings. The summed E-state index contributed by atoms with van der Waals surface area (Å²) in [6.07, 6.45) is 3.73. The SMILES string of the molecule is C/C(=C\COc1ccc(CC(C)C(=O)O)cc1)c1ccc(-c2cccc(/C(C)=C/C(=O)O)c2)cc1. The van der Waals surface area contributed by atoms with Crippen LogP contribution in [0.15, 0.2) is 84.9 Å². The molecule has 0 amide bonds. The monoisotopic (exact) mass is 470 g/mol. The Bertz CT molecular complexity index is 1230. The lowest BCUT2D eigenvalue weighted by atomic mass is 9.97. The van der Waals surface area contributed by atoms with Gasteiger partial charge in [-0.1, -0.05) is 61.5 Å². The number of carboxylic acid groups (broad SMARTS) is 2. The zero-order valence-electron chi connectivity index (χ0n) is 20.2. The Morgan fingerprint density at radius 2 is 1.54 bits per heavy atom. The third kappa shape index (κ3) is 7.44. The van der Waals surface area contributed by atoms with Gasteiger partial charge in [0.15, 0.2) is 0 Å². The van der Waals surface area contributed by atoms with Gasteiger partial charge in [0.05, 0.1) is 5.92 Å². The second-order valence-electron chi connectivity index (χ2n) is 8.61. The third-order valence-electron chi connectivity index (χ3n) is 5.86. The number of hydrogen-bond acceptors (Lipinski definition) is 3. The molecule has 5 nitrogen and oxygen atoms in total. The lowest BCUT2D eigenvalue weighted by Crippen LogP contribution is -2.12. The first-order chi connectivity index (χ1) is 16.7. The molecule has 0 aliphatic heterocycles. The summed E-state index contributed by atoms with van der Waals surface area (Å²) in [7, 11) is 0. The largest absolute Gasteiger partial charge is 0.490 e. The Morgan fingerprint density at radius 1 is 0.857 bits per heavy atom. The van der Waals surface area contributed by atoms with Crippen molar-refractivity contribution in [2.75, 3.05) is 6.61 Å². The molecule has 180 valence electrons. The molecule has 3 rings (SSSR count). The normalized spacial score (nSPS) is 12.8. The van der Waals surface area contributed by atoms with E-state index in [0.717, 1.165) is 39.1 Å². The molecule has 0 radical (unpaired) electrons. The summed E-state index contributed by atoms with van der Waals surface area (Å²) < 4.78 is 5.82. The van der Waals surface area contributed by atoms with Gasteiger partial charge in [-0.2, -0.15) is 0 Å². The molecule has 3 aromatic rings. The number of aliphatic carboxylic acids is 2. The predicted octanol–water partition coefficient (Wildman–Crippen LogP) is 6.59. The van der Waals surface area contributed by atoms with Gasteiger partial charge in [-0.25, -0.2) is 4.79 Å². The van der Waals surface area contributed by atoms with Crippen molar-refractivity contribution in [2.24, 2.45) is 5.92 Å². The van der Waals surface area contributed by atoms with Crippen LogP contribution in [-0.2, 0) is 16.0 Å². The molecule has 5 heteroatoms. The molecule has 0 spiro atoms. The van der Waals surface area contributed by atoms with Gasteiger partial charge in [0.2, 0.25) is 0 Å². The summed E-state index contributed by atoms with van der Waals surface area (Å²) >= 11 is 0. The summed E-state index contributed by atoms with van der Waals surface area (Å²) in [5.74, 6) is -1.43. The molecule has 0 aromatic heterocycles. The van der Waals surface area contributed by atoms with Gasteiger partial charge >= 0.3 is 11.9 Å². The van der Waals surface area contributed by atoms with Crippen molar-refractivity contribution in [1.82, 2.24) is 0 Å². The van der Waals surface area contributed by atoms with Crippen LogP contribution in [0.1, 0.15) is 37.5 Å². The second kappa shape index (κ2) is 11.8. The Labute approximate surface area is 206 Å². The van der Waals surface area contributed by atoms with Crippen LogP contribution in [0.25, 0.3) is 22.3 Å². The van der Waals surface area contributed by atoms with Crippen molar-refractivity contribution in [1.29, 1.82) is 0 Å². The van der Waals surface area contributed by atoms with Crippen LogP contribution in [0.3, 0.4) is 0 Å². The summed E-state index contributed by atoms with van der Waals surface area (Å²) in [6.45, 7) is 5.96. The van der Waals surface area contributed by atoms with Crippen LogP contribution in [0.2, 0.25) is 0 Å². The number of hydrogen-bond donors (Lipinski definition) is 2. The first-order valence-electron chi connectivity index (χ1n) is 11.5. The van der Waals surface area contributed by atoms with Gasteiger partial charge in [-0.15, -0.1) is 0 Å². The molecular weight excluding hydrogens is 440 g/mol. The highest BCUT2D eigenvalue weighted by Gasteiger charge is 2.11. The van der Waals surface area contributed by atoms with E-state index >= 15 is 0 Å². The maximum Gasteiger partial charge on any atom is 0.328 e. The van der Waals surface area contributed by atoms with Crippen LogP contribution in [0.4, 0.5) is 0 Å². The van der Waals surface area contributed by atoms with Crippen molar-refractivity contribution in [3.63, 3.8) is 0 Å². The fraction of sp³-hybridized carbons (Fsp3) is 0.200. The molecule has 1 atom stereocenters. The topological polar surface area (TPSA) is 83.8 Å². The van der Waals surface area contributed by atoms with Crippen molar-refractivity contribution >= 4 is 23.1 Å². The minimum Gasteiger partial charge on any atom is -0.490 e. The first kappa shape index (κ1) is 25.5. The van der Waals surface area contributed by atoms with E-state index in [1.54, 1.807) is 13.8 Å². The Hall–Kier alpha value is -4.12. The lowest BCUT2D eigenvalue weighted by Gasteiger charge is -2.09. The fourth-order valence-electron chi connectivity index (χ4n) is 3.68. The van der Waals surface area contributed by atoms with Crippen molar-refractivity contribution in [3.05, 3.63) is 102 Å². The third-order valence-corrected chi connectivity index (χ3v) is 5.86. The minimum atomic E-state index is -0.953. The van der Waals surface area contributed by atoms with Crippen LogP contribution in [-0.4, -0.2) is 28.8 Å². The molecule has 2 N–H and O–H groups in total. The molecule has 3 aromatic carbocycles. The Balaban J connectivity index is 1.61. The van der Waals surface area contributed by atoms with Crippen LogP contribution >= 0.6 is 0 Å². The number of allylic oxidation sites excluding steroid dienone is 2. The smallest absolute Gasteiger partial charge is 0.328 e. The van der Waals surface area contributed by atoms with Gasteiger partial charge < -0.3 is 14.9 Å².